The van der Waals surface area contributed by atoms with Crippen LogP contribution in [0.4, 0.5) is 0 Å². The minimum Gasteiger partial charge on any atom is -0.392 e. The van der Waals surface area contributed by atoms with Crippen molar-refractivity contribution >= 4 is 0 Å². The molecule has 0 rings (SSSR count). The van der Waals surface area contributed by atoms with E-state index in [1.807, 2.05) is 0 Å². The molecule has 1 atom stereocenters. The summed E-state index contributed by atoms with van der Waals surface area (Å²) >= 11 is 0. The van der Waals surface area contributed by atoms with Crippen molar-refractivity contribution in [2.75, 3.05) is 6.61 Å². The lowest BCUT2D eigenvalue weighted by Crippen LogP contribution is -2.39. The van der Waals surface area contributed by atoms with E-state index in [2.05, 4.69) is 0 Å². The van der Waals surface area contributed by atoms with E-state index in [0.717, 1.165) is 0 Å². The minimum absolute atomic E-state index is 0.396. The molecule has 0 aromatic carbocycles. The fourth-order valence-electron chi connectivity index (χ4n) is 0. The molecule has 0 radical (unpaired) electrons. The lowest BCUT2D eigenvalue weighted by atomic mass is 10.3. The Labute approximate surface area is 36.4 Å². The zero-order valence-corrected chi connectivity index (χ0v) is 3.68. The molecule has 0 saturated carbocycles. The highest BCUT2D eigenvalue weighted by Crippen LogP contribution is 1.84. The van der Waals surface area contributed by atoms with Gasteiger partial charge < -0.3 is 15.9 Å². The third-order valence-electron chi connectivity index (χ3n) is 0.320. The minimum atomic E-state index is -1.40. The van der Waals surface area contributed by atoms with E-state index in [0.29, 0.717) is 0 Å². The number of hydrogen-bond acceptors (Lipinski definition) is 3. The van der Waals surface area contributed by atoms with Gasteiger partial charge in [0, 0.05) is 0 Å². The summed E-state index contributed by atoms with van der Waals surface area (Å²) in [6, 6.07) is 0. The van der Waals surface area contributed by atoms with Crippen molar-refractivity contribution in [1.82, 2.24) is 0 Å². The standard InChI is InChI=1S/C3H9NO2/c1-3(4,6)2-5/h5-6H,2,4H2,1H3/t3-/m1/s1. The maximum absolute atomic E-state index is 8.35. The van der Waals surface area contributed by atoms with Crippen LogP contribution in [-0.4, -0.2) is 22.5 Å². The van der Waals surface area contributed by atoms with E-state index >= 15 is 0 Å². The molecule has 0 heterocycles. The molecule has 0 amide bonds. The van der Waals surface area contributed by atoms with Gasteiger partial charge in [-0.3, -0.25) is 0 Å². The van der Waals surface area contributed by atoms with Gasteiger partial charge in [0.1, 0.15) is 5.72 Å². The number of aliphatic hydroxyl groups excluding tert-OH is 1. The molecule has 0 fully saturated rings. The van der Waals surface area contributed by atoms with E-state index in [-0.39, 0.29) is 0 Å². The molecule has 3 nitrogen and oxygen atoms in total. The van der Waals surface area contributed by atoms with Crippen LogP contribution in [0.5, 0.6) is 0 Å². The van der Waals surface area contributed by atoms with Crippen molar-refractivity contribution in [2.45, 2.75) is 12.6 Å². The third kappa shape index (κ3) is 3.88. The summed E-state index contributed by atoms with van der Waals surface area (Å²) < 4.78 is 0. The number of hydrogen-bond donors (Lipinski definition) is 3. The summed E-state index contributed by atoms with van der Waals surface area (Å²) in [4.78, 5) is 0. The van der Waals surface area contributed by atoms with Crippen molar-refractivity contribution < 1.29 is 10.2 Å². The second kappa shape index (κ2) is 1.55. The molecule has 0 aliphatic heterocycles. The zero-order chi connectivity index (χ0) is 5.21. The van der Waals surface area contributed by atoms with E-state index in [1.165, 1.54) is 6.92 Å². The highest BCUT2D eigenvalue weighted by atomic mass is 16.3. The van der Waals surface area contributed by atoms with Gasteiger partial charge in [-0.15, -0.1) is 0 Å². The van der Waals surface area contributed by atoms with Gasteiger partial charge in [0.2, 0.25) is 0 Å². The van der Waals surface area contributed by atoms with E-state index < -0.39 is 12.3 Å². The zero-order valence-electron chi connectivity index (χ0n) is 3.68. The van der Waals surface area contributed by atoms with Gasteiger partial charge in [0.05, 0.1) is 6.61 Å². The fourth-order valence-corrected chi connectivity index (χ4v) is 0. The summed E-state index contributed by atoms with van der Waals surface area (Å²) in [5, 5.41) is 16.4. The molecule has 6 heavy (non-hydrogen) atoms. The van der Waals surface area contributed by atoms with Crippen LogP contribution in [0.2, 0.25) is 0 Å². The summed E-state index contributed by atoms with van der Waals surface area (Å²) in [5.41, 5.74) is 3.44. The molecule has 0 aromatic heterocycles. The first kappa shape index (κ1) is 5.88. The Morgan fingerprint density at radius 1 is 1.83 bits per heavy atom. The first-order valence-corrected chi connectivity index (χ1v) is 1.68. The lowest BCUT2D eigenvalue weighted by molar-refractivity contribution is 0.00748. The maximum atomic E-state index is 8.35. The van der Waals surface area contributed by atoms with Crippen LogP contribution >= 0.6 is 0 Å². The molecule has 0 spiro atoms. The quantitative estimate of drug-likeness (QED) is 0.349. The van der Waals surface area contributed by atoms with E-state index in [9.17, 15) is 0 Å². The van der Waals surface area contributed by atoms with Crippen molar-refractivity contribution in [3.05, 3.63) is 0 Å². The number of nitrogens with two attached hydrogens (primary N) is 1. The van der Waals surface area contributed by atoms with Gasteiger partial charge in [-0.1, -0.05) is 0 Å². The summed E-state index contributed by atoms with van der Waals surface area (Å²) in [6.07, 6.45) is 0. The Hall–Kier alpha value is -0.120. The molecule has 0 aromatic rings. The second-order valence-electron chi connectivity index (χ2n) is 1.52. The van der Waals surface area contributed by atoms with Crippen LogP contribution in [0.25, 0.3) is 0 Å². The molecule has 4 N–H and O–H groups in total. The van der Waals surface area contributed by atoms with Crippen LogP contribution < -0.4 is 5.73 Å². The second-order valence-corrected chi connectivity index (χ2v) is 1.52. The van der Waals surface area contributed by atoms with Crippen molar-refractivity contribution in [3.8, 4) is 0 Å². The smallest absolute Gasteiger partial charge is 0.133 e. The Morgan fingerprint density at radius 3 is 2.00 bits per heavy atom. The molecular formula is C3H9NO2. The van der Waals surface area contributed by atoms with Crippen molar-refractivity contribution in [1.29, 1.82) is 0 Å². The van der Waals surface area contributed by atoms with Gasteiger partial charge in [0.15, 0.2) is 0 Å². The molecule has 0 bridgehead atoms. The van der Waals surface area contributed by atoms with Crippen LogP contribution in [0, 0.1) is 0 Å². The monoisotopic (exact) mass is 91.1 g/mol. The Bertz CT molecular complexity index is 38.5. The predicted molar refractivity (Wildman–Crippen MR) is 21.9 cm³/mol. The summed E-state index contributed by atoms with van der Waals surface area (Å²) in [5.74, 6) is 0. The maximum Gasteiger partial charge on any atom is 0.133 e. The SMILES string of the molecule is C[C@@](N)(O)CO. The van der Waals surface area contributed by atoms with Crippen LogP contribution in [0.1, 0.15) is 6.92 Å². The third-order valence-corrected chi connectivity index (χ3v) is 0.320. The van der Waals surface area contributed by atoms with Gasteiger partial charge in [0.25, 0.3) is 0 Å². The molecule has 0 aliphatic carbocycles. The van der Waals surface area contributed by atoms with Gasteiger partial charge in [-0.2, -0.15) is 0 Å². The average molecular weight is 91.1 g/mol. The van der Waals surface area contributed by atoms with Crippen molar-refractivity contribution in [3.63, 3.8) is 0 Å². The number of aliphatic hydroxyl groups is 2. The molecule has 0 saturated heterocycles. The number of rotatable bonds is 1. The van der Waals surface area contributed by atoms with Gasteiger partial charge in [-0.25, -0.2) is 0 Å². The van der Waals surface area contributed by atoms with Gasteiger partial charge in [-0.05, 0) is 6.92 Å². The Kier molecular flexibility index (Phi) is 1.52. The largest absolute Gasteiger partial charge is 0.392 e. The highest BCUT2D eigenvalue weighted by molar-refractivity contribution is 4.57. The first-order valence-electron chi connectivity index (χ1n) is 1.68. The fraction of sp³-hybridized carbons (Fsp3) is 1.00. The molecule has 0 unspecified atom stereocenters. The molecule has 38 valence electrons. The van der Waals surface area contributed by atoms with Crippen molar-refractivity contribution in [2.24, 2.45) is 5.73 Å². The topological polar surface area (TPSA) is 66.5 Å². The van der Waals surface area contributed by atoms with Gasteiger partial charge >= 0.3 is 0 Å². The molecule has 0 aliphatic rings. The highest BCUT2D eigenvalue weighted by Gasteiger charge is 2.07. The van der Waals surface area contributed by atoms with Crippen LogP contribution in [0.3, 0.4) is 0 Å². The summed E-state index contributed by atoms with van der Waals surface area (Å²) in [6.45, 7) is 0.931. The Balaban J connectivity index is 3.17. The average Bonchev–Trinajstić information content (AvgIpc) is 1.35. The van der Waals surface area contributed by atoms with Crippen LogP contribution in [0.15, 0.2) is 0 Å². The Morgan fingerprint density at radius 2 is 2.00 bits per heavy atom. The first-order chi connectivity index (χ1) is 2.56. The lowest BCUT2D eigenvalue weighted by Gasteiger charge is -2.10. The summed E-state index contributed by atoms with van der Waals surface area (Å²) in [7, 11) is 0. The molecular weight excluding hydrogens is 82.0 g/mol. The van der Waals surface area contributed by atoms with E-state index in [4.69, 9.17) is 15.9 Å². The van der Waals surface area contributed by atoms with Crippen LogP contribution in [-0.2, 0) is 0 Å². The molecule has 3 heteroatoms. The normalized spacial score (nSPS) is 20.0. The van der Waals surface area contributed by atoms with E-state index in [1.54, 1.807) is 0 Å². The predicted octanol–water partition coefficient (Wildman–Crippen LogP) is -1.35.